The SMILES string of the molecule is CNCC1CCCCN1Cc1c(F)ccc(Br)c1F. The van der Waals surface area contributed by atoms with Crippen molar-refractivity contribution >= 4 is 15.9 Å². The number of nitrogens with zero attached hydrogens (tertiary/aromatic N) is 1. The molecule has 1 fully saturated rings. The van der Waals surface area contributed by atoms with Crippen LogP contribution in [0.1, 0.15) is 24.8 Å². The molecule has 0 amide bonds. The van der Waals surface area contributed by atoms with Crippen molar-refractivity contribution in [3.05, 3.63) is 33.8 Å². The zero-order chi connectivity index (χ0) is 13.8. The Morgan fingerprint density at radius 3 is 2.89 bits per heavy atom. The zero-order valence-electron chi connectivity index (χ0n) is 11.1. The fraction of sp³-hybridized carbons (Fsp3) is 0.571. The minimum Gasteiger partial charge on any atom is -0.318 e. The molecular weight excluding hydrogens is 314 g/mol. The number of rotatable bonds is 4. The molecule has 0 aromatic heterocycles. The van der Waals surface area contributed by atoms with Gasteiger partial charge < -0.3 is 5.32 Å². The number of halogens is 3. The molecule has 1 aliphatic rings. The first-order chi connectivity index (χ1) is 9.13. The van der Waals surface area contributed by atoms with Gasteiger partial charge in [-0.1, -0.05) is 6.42 Å². The summed E-state index contributed by atoms with van der Waals surface area (Å²) in [5.74, 6) is -0.941. The first-order valence-electron chi connectivity index (χ1n) is 6.64. The maximum Gasteiger partial charge on any atom is 0.144 e. The average Bonchev–Trinajstić information content (AvgIpc) is 2.41. The van der Waals surface area contributed by atoms with E-state index in [-0.39, 0.29) is 5.56 Å². The van der Waals surface area contributed by atoms with E-state index < -0.39 is 11.6 Å². The molecule has 0 saturated carbocycles. The molecular formula is C14H19BrF2N2. The summed E-state index contributed by atoms with van der Waals surface area (Å²) in [6.45, 7) is 2.10. The topological polar surface area (TPSA) is 15.3 Å². The number of likely N-dealkylation sites (N-methyl/N-ethyl adjacent to an activating group) is 1. The van der Waals surface area contributed by atoms with Crippen LogP contribution in [0.25, 0.3) is 0 Å². The number of hydrogen-bond donors (Lipinski definition) is 1. The van der Waals surface area contributed by atoms with E-state index in [9.17, 15) is 8.78 Å². The quantitative estimate of drug-likeness (QED) is 0.851. The van der Waals surface area contributed by atoms with Crippen molar-refractivity contribution in [2.75, 3.05) is 20.1 Å². The largest absolute Gasteiger partial charge is 0.318 e. The number of benzene rings is 1. The summed E-state index contributed by atoms with van der Waals surface area (Å²) in [6.07, 6.45) is 3.36. The first kappa shape index (κ1) is 14.9. The van der Waals surface area contributed by atoms with E-state index >= 15 is 0 Å². The van der Waals surface area contributed by atoms with Gasteiger partial charge in [-0.3, -0.25) is 4.90 Å². The third kappa shape index (κ3) is 3.52. The lowest BCUT2D eigenvalue weighted by molar-refractivity contribution is 0.136. The summed E-state index contributed by atoms with van der Waals surface area (Å²) >= 11 is 3.12. The van der Waals surface area contributed by atoms with Gasteiger partial charge in [0.25, 0.3) is 0 Å². The van der Waals surface area contributed by atoms with Gasteiger partial charge in [-0.05, 0) is 54.5 Å². The standard InChI is InChI=1S/C14H19BrF2N2/c1-18-8-10-4-2-3-7-19(10)9-11-13(16)6-5-12(15)14(11)17/h5-6,10,18H,2-4,7-9H2,1H3. The highest BCUT2D eigenvalue weighted by Gasteiger charge is 2.24. The number of likely N-dealkylation sites (tertiary alicyclic amines) is 1. The summed E-state index contributed by atoms with van der Waals surface area (Å²) in [6, 6.07) is 3.09. The van der Waals surface area contributed by atoms with Crippen LogP contribution in [0.2, 0.25) is 0 Å². The van der Waals surface area contributed by atoms with Crippen LogP contribution in [0.5, 0.6) is 0 Å². The van der Waals surface area contributed by atoms with Crippen molar-refractivity contribution in [1.29, 1.82) is 0 Å². The van der Waals surface area contributed by atoms with Crippen molar-refractivity contribution in [2.45, 2.75) is 31.8 Å². The van der Waals surface area contributed by atoms with E-state index in [2.05, 4.69) is 26.1 Å². The second-order valence-corrected chi connectivity index (χ2v) is 5.85. The summed E-state index contributed by atoms with van der Waals surface area (Å²) in [5.41, 5.74) is 0.164. The Bertz CT molecular complexity index is 438. The lowest BCUT2D eigenvalue weighted by atomic mass is 10.0. The molecule has 1 N–H and O–H groups in total. The van der Waals surface area contributed by atoms with Crippen LogP contribution in [0.4, 0.5) is 8.78 Å². The molecule has 1 unspecified atom stereocenters. The van der Waals surface area contributed by atoms with Crippen LogP contribution >= 0.6 is 15.9 Å². The van der Waals surface area contributed by atoms with Crippen LogP contribution in [0, 0.1) is 11.6 Å². The summed E-state index contributed by atoms with van der Waals surface area (Å²) in [5, 5.41) is 3.16. The second kappa shape index (κ2) is 6.77. The zero-order valence-corrected chi connectivity index (χ0v) is 12.6. The molecule has 1 heterocycles. The molecule has 2 nitrogen and oxygen atoms in total. The normalized spacial score (nSPS) is 20.7. The van der Waals surface area contributed by atoms with Gasteiger partial charge in [-0.15, -0.1) is 0 Å². The predicted molar refractivity (Wildman–Crippen MR) is 76.0 cm³/mol. The monoisotopic (exact) mass is 332 g/mol. The summed E-state index contributed by atoms with van der Waals surface area (Å²) < 4.78 is 28.1. The van der Waals surface area contributed by atoms with Crippen LogP contribution < -0.4 is 5.32 Å². The van der Waals surface area contributed by atoms with Gasteiger partial charge in [-0.2, -0.15) is 0 Å². The lowest BCUT2D eigenvalue weighted by Crippen LogP contribution is -2.44. The van der Waals surface area contributed by atoms with Gasteiger partial charge in [0.1, 0.15) is 11.6 Å². The fourth-order valence-electron chi connectivity index (χ4n) is 2.65. The highest BCUT2D eigenvalue weighted by molar-refractivity contribution is 9.10. The van der Waals surface area contributed by atoms with Crippen LogP contribution in [-0.4, -0.2) is 31.1 Å². The van der Waals surface area contributed by atoms with E-state index in [1.54, 1.807) is 0 Å². The molecule has 0 radical (unpaired) electrons. The molecule has 0 spiro atoms. The van der Waals surface area contributed by atoms with Crippen molar-refractivity contribution in [1.82, 2.24) is 10.2 Å². The Morgan fingerprint density at radius 2 is 2.16 bits per heavy atom. The van der Waals surface area contributed by atoms with Crippen LogP contribution in [0.3, 0.4) is 0 Å². The number of piperidine rings is 1. The Balaban J connectivity index is 2.17. The Hall–Kier alpha value is -0.520. The van der Waals surface area contributed by atoms with E-state index in [4.69, 9.17) is 0 Å². The number of nitrogens with one attached hydrogen (secondary N) is 1. The molecule has 2 rings (SSSR count). The Labute approximate surface area is 121 Å². The molecule has 0 bridgehead atoms. The molecule has 1 aromatic rings. The Kier molecular flexibility index (Phi) is 5.30. The molecule has 106 valence electrons. The van der Waals surface area contributed by atoms with Crippen molar-refractivity contribution in [3.8, 4) is 0 Å². The molecule has 5 heteroatoms. The third-order valence-electron chi connectivity index (χ3n) is 3.69. The highest BCUT2D eigenvalue weighted by atomic mass is 79.9. The molecule has 1 atom stereocenters. The van der Waals surface area contributed by atoms with Gasteiger partial charge in [0.15, 0.2) is 0 Å². The Morgan fingerprint density at radius 1 is 1.37 bits per heavy atom. The van der Waals surface area contributed by atoms with Gasteiger partial charge in [0.2, 0.25) is 0 Å². The minimum absolute atomic E-state index is 0.164. The molecule has 1 aliphatic heterocycles. The van der Waals surface area contributed by atoms with E-state index in [0.29, 0.717) is 17.1 Å². The maximum absolute atomic E-state index is 14.0. The highest BCUT2D eigenvalue weighted by Crippen LogP contribution is 2.25. The van der Waals surface area contributed by atoms with Crippen molar-refractivity contribution < 1.29 is 8.78 Å². The predicted octanol–water partition coefficient (Wildman–Crippen LogP) is 3.30. The van der Waals surface area contributed by atoms with E-state index in [1.165, 1.54) is 18.6 Å². The van der Waals surface area contributed by atoms with Crippen LogP contribution in [0.15, 0.2) is 16.6 Å². The smallest absolute Gasteiger partial charge is 0.144 e. The average molecular weight is 333 g/mol. The summed E-state index contributed by atoms with van der Waals surface area (Å²) in [4.78, 5) is 2.17. The molecule has 19 heavy (non-hydrogen) atoms. The van der Waals surface area contributed by atoms with E-state index in [1.807, 2.05) is 7.05 Å². The van der Waals surface area contributed by atoms with Crippen molar-refractivity contribution in [2.24, 2.45) is 0 Å². The summed E-state index contributed by atoms with van der Waals surface area (Å²) in [7, 11) is 1.91. The minimum atomic E-state index is -0.478. The van der Waals surface area contributed by atoms with Crippen LogP contribution in [-0.2, 0) is 6.54 Å². The fourth-order valence-corrected chi connectivity index (χ4v) is 3.02. The van der Waals surface area contributed by atoms with E-state index in [0.717, 1.165) is 25.9 Å². The van der Waals surface area contributed by atoms with Crippen molar-refractivity contribution in [3.63, 3.8) is 0 Å². The maximum atomic E-state index is 14.0. The molecule has 0 aliphatic carbocycles. The second-order valence-electron chi connectivity index (χ2n) is 5.00. The molecule has 1 saturated heterocycles. The molecule has 1 aromatic carbocycles. The first-order valence-corrected chi connectivity index (χ1v) is 7.43. The van der Waals surface area contributed by atoms with Gasteiger partial charge >= 0.3 is 0 Å². The van der Waals surface area contributed by atoms with Gasteiger partial charge in [0.05, 0.1) is 4.47 Å². The van der Waals surface area contributed by atoms with Gasteiger partial charge in [0, 0.05) is 24.7 Å². The number of hydrogen-bond acceptors (Lipinski definition) is 2. The third-order valence-corrected chi connectivity index (χ3v) is 4.30. The van der Waals surface area contributed by atoms with Gasteiger partial charge in [-0.25, -0.2) is 8.78 Å². The lowest BCUT2D eigenvalue weighted by Gasteiger charge is -2.35.